The molecular weight excluding hydrogens is 288 g/mol. The van der Waals surface area contributed by atoms with Crippen LogP contribution in [0.25, 0.3) is 0 Å². The van der Waals surface area contributed by atoms with Gasteiger partial charge in [-0.1, -0.05) is 18.9 Å². The summed E-state index contributed by atoms with van der Waals surface area (Å²) in [5.74, 6) is -0.189. The quantitative estimate of drug-likeness (QED) is 0.871. The first-order chi connectivity index (χ1) is 10.0. The Bertz CT molecular complexity index is 632. The van der Waals surface area contributed by atoms with Gasteiger partial charge in [-0.25, -0.2) is 13.1 Å². The highest BCUT2D eigenvalue weighted by Gasteiger charge is 2.28. The molecule has 1 amide bonds. The number of rotatable bonds is 5. The summed E-state index contributed by atoms with van der Waals surface area (Å²) in [7, 11) is -3.51. The van der Waals surface area contributed by atoms with Crippen molar-refractivity contribution in [3.8, 4) is 0 Å². The molecule has 5 nitrogen and oxygen atoms in total. The van der Waals surface area contributed by atoms with E-state index in [4.69, 9.17) is 0 Å². The molecule has 6 heteroatoms. The first kappa shape index (κ1) is 14.5. The van der Waals surface area contributed by atoms with E-state index in [2.05, 4.69) is 10.0 Å². The van der Waals surface area contributed by atoms with Crippen molar-refractivity contribution < 1.29 is 13.2 Å². The van der Waals surface area contributed by atoms with Gasteiger partial charge in [0.1, 0.15) is 0 Å². The van der Waals surface area contributed by atoms with Gasteiger partial charge in [0.05, 0.1) is 4.90 Å². The summed E-state index contributed by atoms with van der Waals surface area (Å²) in [6, 6.07) is 6.53. The lowest BCUT2D eigenvalue weighted by Crippen LogP contribution is -2.33. The molecule has 2 aliphatic carbocycles. The number of sulfonamides is 1. The van der Waals surface area contributed by atoms with Crippen LogP contribution in [0.3, 0.4) is 0 Å². The molecule has 0 atom stereocenters. The molecule has 0 bridgehead atoms. The number of carbonyl (C=O) groups is 1. The highest BCUT2D eigenvalue weighted by molar-refractivity contribution is 7.89. The number of hydrogen-bond donors (Lipinski definition) is 2. The number of amides is 1. The van der Waals surface area contributed by atoms with Gasteiger partial charge >= 0.3 is 0 Å². The van der Waals surface area contributed by atoms with Crippen molar-refractivity contribution in [1.29, 1.82) is 0 Å². The molecule has 2 aliphatic rings. The van der Waals surface area contributed by atoms with Gasteiger partial charge in [-0.3, -0.25) is 4.79 Å². The van der Waals surface area contributed by atoms with Crippen molar-refractivity contribution in [3.63, 3.8) is 0 Å². The second-order valence-electron chi connectivity index (χ2n) is 5.88. The number of carbonyl (C=O) groups excluding carboxylic acids is 1. The van der Waals surface area contributed by atoms with Gasteiger partial charge in [0.2, 0.25) is 10.0 Å². The van der Waals surface area contributed by atoms with Crippen LogP contribution < -0.4 is 10.0 Å². The minimum Gasteiger partial charge on any atom is -0.349 e. The van der Waals surface area contributed by atoms with Crippen LogP contribution >= 0.6 is 0 Å². The second-order valence-corrected chi connectivity index (χ2v) is 7.59. The van der Waals surface area contributed by atoms with Gasteiger partial charge < -0.3 is 5.32 Å². The number of hydrogen-bond acceptors (Lipinski definition) is 3. The Kier molecular flexibility index (Phi) is 3.99. The van der Waals surface area contributed by atoms with Crippen molar-refractivity contribution >= 4 is 15.9 Å². The molecule has 1 aromatic rings. The molecule has 2 fully saturated rings. The van der Waals surface area contributed by atoms with Crippen LogP contribution in [-0.2, 0) is 10.0 Å². The summed E-state index contributed by atoms with van der Waals surface area (Å²) in [6.07, 6.45) is 6.08. The Hall–Kier alpha value is -1.40. The maximum Gasteiger partial charge on any atom is 0.251 e. The normalized spacial score (nSPS) is 19.6. The van der Waals surface area contributed by atoms with E-state index in [1.165, 1.54) is 12.1 Å². The van der Waals surface area contributed by atoms with Gasteiger partial charge in [-0.15, -0.1) is 0 Å². The molecule has 1 aromatic carbocycles. The van der Waals surface area contributed by atoms with Gasteiger partial charge in [-0.2, -0.15) is 0 Å². The van der Waals surface area contributed by atoms with Crippen molar-refractivity contribution in [2.75, 3.05) is 0 Å². The van der Waals surface area contributed by atoms with E-state index in [1.807, 2.05) is 0 Å². The summed E-state index contributed by atoms with van der Waals surface area (Å²) >= 11 is 0. The average molecular weight is 308 g/mol. The predicted octanol–water partition coefficient (Wildman–Crippen LogP) is 1.80. The van der Waals surface area contributed by atoms with Crippen LogP contribution in [-0.4, -0.2) is 26.4 Å². The molecule has 0 unspecified atom stereocenters. The van der Waals surface area contributed by atoms with E-state index < -0.39 is 10.0 Å². The molecule has 3 rings (SSSR count). The average Bonchev–Trinajstić information content (AvgIpc) is 3.11. The fourth-order valence-electron chi connectivity index (χ4n) is 2.63. The first-order valence-corrected chi connectivity index (χ1v) is 8.96. The summed E-state index contributed by atoms with van der Waals surface area (Å²) in [5, 5.41) is 2.97. The lowest BCUT2D eigenvalue weighted by Gasteiger charge is -2.12. The summed E-state index contributed by atoms with van der Waals surface area (Å²) in [6.45, 7) is 0. The van der Waals surface area contributed by atoms with Crippen molar-refractivity contribution in [2.24, 2.45) is 0 Å². The van der Waals surface area contributed by atoms with E-state index >= 15 is 0 Å². The third-order valence-corrected chi connectivity index (χ3v) is 5.51. The fourth-order valence-corrected chi connectivity index (χ4v) is 3.98. The summed E-state index contributed by atoms with van der Waals surface area (Å²) in [5.41, 5.74) is 0.403. The SMILES string of the molecule is O=C(NC1CCCC1)c1cccc(S(=O)(=O)NC2CC2)c1. The van der Waals surface area contributed by atoms with Crippen molar-refractivity contribution in [3.05, 3.63) is 29.8 Å². The maximum absolute atomic E-state index is 12.2. The van der Waals surface area contributed by atoms with Gasteiger partial charge in [0, 0.05) is 17.6 Å². The Morgan fingerprint density at radius 1 is 1.05 bits per heavy atom. The lowest BCUT2D eigenvalue weighted by atomic mass is 10.2. The summed E-state index contributed by atoms with van der Waals surface area (Å²) < 4.78 is 26.9. The second kappa shape index (κ2) is 5.77. The fraction of sp³-hybridized carbons (Fsp3) is 0.533. The molecule has 0 aromatic heterocycles. The van der Waals surface area contributed by atoms with Gasteiger partial charge in [0.15, 0.2) is 0 Å². The first-order valence-electron chi connectivity index (χ1n) is 7.48. The third-order valence-electron chi connectivity index (χ3n) is 4.00. The molecule has 2 saturated carbocycles. The molecule has 0 radical (unpaired) electrons. The molecule has 0 saturated heterocycles. The standard InChI is InChI=1S/C15H20N2O3S/c18-15(16-12-5-1-2-6-12)11-4-3-7-14(10-11)21(19,20)17-13-8-9-13/h3-4,7,10,12-13,17H,1-2,5-6,8-9H2,(H,16,18). The van der Waals surface area contributed by atoms with Crippen molar-refractivity contribution in [1.82, 2.24) is 10.0 Å². The molecule has 114 valence electrons. The van der Waals surface area contributed by atoms with Crippen LogP contribution in [0.5, 0.6) is 0 Å². The zero-order chi connectivity index (χ0) is 14.9. The molecule has 0 spiro atoms. The van der Waals surface area contributed by atoms with Gasteiger partial charge in [-0.05, 0) is 43.9 Å². The Morgan fingerprint density at radius 3 is 2.43 bits per heavy atom. The Labute approximate surface area is 125 Å². The van der Waals surface area contributed by atoms with E-state index in [9.17, 15) is 13.2 Å². The molecule has 21 heavy (non-hydrogen) atoms. The largest absolute Gasteiger partial charge is 0.349 e. The van der Waals surface area contributed by atoms with Crippen LogP contribution in [0.15, 0.2) is 29.2 Å². The number of benzene rings is 1. The molecular formula is C15H20N2O3S. The van der Waals surface area contributed by atoms with Crippen LogP contribution in [0, 0.1) is 0 Å². The van der Waals surface area contributed by atoms with E-state index in [1.54, 1.807) is 12.1 Å². The number of nitrogens with one attached hydrogen (secondary N) is 2. The highest BCUT2D eigenvalue weighted by Crippen LogP contribution is 2.23. The summed E-state index contributed by atoms with van der Waals surface area (Å²) in [4.78, 5) is 12.3. The van der Waals surface area contributed by atoms with Crippen molar-refractivity contribution in [2.45, 2.75) is 55.5 Å². The van der Waals surface area contributed by atoms with Gasteiger partial charge in [0.25, 0.3) is 5.91 Å². The zero-order valence-corrected chi connectivity index (χ0v) is 12.7. The predicted molar refractivity (Wildman–Crippen MR) is 79.5 cm³/mol. The molecule has 0 aliphatic heterocycles. The Balaban J connectivity index is 1.74. The maximum atomic E-state index is 12.2. The van der Waals surface area contributed by atoms with E-state index in [-0.39, 0.29) is 22.9 Å². The van der Waals surface area contributed by atoms with Crippen LogP contribution in [0.4, 0.5) is 0 Å². The van der Waals surface area contributed by atoms with Crippen LogP contribution in [0.2, 0.25) is 0 Å². The zero-order valence-electron chi connectivity index (χ0n) is 11.8. The smallest absolute Gasteiger partial charge is 0.251 e. The highest BCUT2D eigenvalue weighted by atomic mass is 32.2. The minimum absolute atomic E-state index is 0.0611. The topological polar surface area (TPSA) is 75.3 Å². The van der Waals surface area contributed by atoms with E-state index in [0.29, 0.717) is 5.56 Å². The molecule has 2 N–H and O–H groups in total. The van der Waals surface area contributed by atoms with Crippen LogP contribution in [0.1, 0.15) is 48.9 Å². The monoisotopic (exact) mass is 308 g/mol. The Morgan fingerprint density at radius 2 is 1.76 bits per heavy atom. The molecule has 0 heterocycles. The minimum atomic E-state index is -3.51. The third kappa shape index (κ3) is 3.63. The lowest BCUT2D eigenvalue weighted by molar-refractivity contribution is 0.0937. The van der Waals surface area contributed by atoms with E-state index in [0.717, 1.165) is 38.5 Å².